The predicted molar refractivity (Wildman–Crippen MR) is 67.6 cm³/mol. The smallest absolute Gasteiger partial charge is 0.123 e. The minimum Gasteiger partial charge on any atom is -0.350 e. The molecule has 1 fully saturated rings. The normalized spacial score (nSPS) is 20.2. The third-order valence-corrected chi connectivity index (χ3v) is 3.70. The molecule has 0 saturated carbocycles. The Morgan fingerprint density at radius 2 is 2.35 bits per heavy atom. The highest BCUT2D eigenvalue weighted by molar-refractivity contribution is 5.84. The third kappa shape index (κ3) is 1.95. The Bertz CT molecular complexity index is 538. The first-order valence-corrected chi connectivity index (χ1v) is 6.18. The monoisotopic (exact) mass is 232 g/mol. The van der Waals surface area contributed by atoms with Crippen molar-refractivity contribution in [3.05, 3.63) is 35.8 Å². The van der Waals surface area contributed by atoms with Crippen molar-refractivity contribution in [3.8, 4) is 0 Å². The summed E-state index contributed by atoms with van der Waals surface area (Å²) in [5.41, 5.74) is 2.39. The van der Waals surface area contributed by atoms with Crippen LogP contribution in [-0.4, -0.2) is 17.7 Å². The van der Waals surface area contributed by atoms with Crippen LogP contribution in [0.15, 0.2) is 24.4 Å². The minimum absolute atomic E-state index is 0.144. The molecule has 1 aliphatic rings. The Hall–Kier alpha value is -1.35. The summed E-state index contributed by atoms with van der Waals surface area (Å²) in [6.45, 7) is 2.20. The Kier molecular flexibility index (Phi) is 2.63. The zero-order valence-electron chi connectivity index (χ0n) is 10.0. The fraction of sp³-hybridized carbons (Fsp3) is 0.429. The molecular formula is C14H17FN2. The average molecular weight is 232 g/mol. The Labute approximate surface area is 100 Å². The zero-order chi connectivity index (χ0) is 11.8. The maximum absolute atomic E-state index is 13.3. The summed E-state index contributed by atoms with van der Waals surface area (Å²) < 4.78 is 15.4. The van der Waals surface area contributed by atoms with Crippen molar-refractivity contribution in [1.82, 2.24) is 9.88 Å². The van der Waals surface area contributed by atoms with Crippen LogP contribution < -0.4 is 5.32 Å². The van der Waals surface area contributed by atoms with E-state index in [-0.39, 0.29) is 5.82 Å². The van der Waals surface area contributed by atoms with Gasteiger partial charge in [0.2, 0.25) is 0 Å². The lowest BCUT2D eigenvalue weighted by atomic mass is 9.98. The van der Waals surface area contributed by atoms with Gasteiger partial charge in [0.05, 0.1) is 0 Å². The van der Waals surface area contributed by atoms with Crippen LogP contribution in [0.4, 0.5) is 4.39 Å². The van der Waals surface area contributed by atoms with E-state index in [1.54, 1.807) is 6.07 Å². The van der Waals surface area contributed by atoms with E-state index in [0.29, 0.717) is 5.92 Å². The van der Waals surface area contributed by atoms with Crippen LogP contribution in [0.3, 0.4) is 0 Å². The molecule has 0 bridgehead atoms. The van der Waals surface area contributed by atoms with Crippen LogP contribution in [-0.2, 0) is 13.5 Å². The Morgan fingerprint density at radius 3 is 3.12 bits per heavy atom. The number of aromatic nitrogens is 1. The molecule has 2 nitrogen and oxygen atoms in total. The Balaban J connectivity index is 2.00. The maximum atomic E-state index is 13.3. The third-order valence-electron chi connectivity index (χ3n) is 3.70. The van der Waals surface area contributed by atoms with Crippen LogP contribution in [0.1, 0.15) is 12.0 Å². The topological polar surface area (TPSA) is 17.0 Å². The highest BCUT2D eigenvalue weighted by atomic mass is 19.1. The molecule has 17 heavy (non-hydrogen) atoms. The van der Waals surface area contributed by atoms with Gasteiger partial charge in [0.15, 0.2) is 0 Å². The fourth-order valence-electron chi connectivity index (χ4n) is 2.81. The van der Waals surface area contributed by atoms with Gasteiger partial charge in [0.25, 0.3) is 0 Å². The van der Waals surface area contributed by atoms with E-state index in [1.807, 2.05) is 13.1 Å². The molecule has 1 aromatic carbocycles. The van der Waals surface area contributed by atoms with Crippen LogP contribution in [0.2, 0.25) is 0 Å². The lowest BCUT2D eigenvalue weighted by molar-refractivity contribution is 0.581. The van der Waals surface area contributed by atoms with Gasteiger partial charge < -0.3 is 9.88 Å². The van der Waals surface area contributed by atoms with Gasteiger partial charge in [0.1, 0.15) is 5.82 Å². The number of nitrogens with one attached hydrogen (secondary N) is 1. The molecule has 0 radical (unpaired) electrons. The number of hydrogen-bond acceptors (Lipinski definition) is 1. The second-order valence-corrected chi connectivity index (χ2v) is 4.99. The predicted octanol–water partition coefficient (Wildman–Crippen LogP) is 2.47. The van der Waals surface area contributed by atoms with E-state index < -0.39 is 0 Å². The van der Waals surface area contributed by atoms with Gasteiger partial charge in [-0.1, -0.05) is 0 Å². The van der Waals surface area contributed by atoms with Crippen LogP contribution in [0.25, 0.3) is 10.9 Å². The molecule has 1 aliphatic heterocycles. The van der Waals surface area contributed by atoms with Crippen molar-refractivity contribution < 1.29 is 4.39 Å². The first kappa shape index (κ1) is 10.8. The largest absolute Gasteiger partial charge is 0.350 e. The van der Waals surface area contributed by atoms with Crippen molar-refractivity contribution in [1.29, 1.82) is 0 Å². The van der Waals surface area contributed by atoms with Gasteiger partial charge in [-0.05, 0) is 55.6 Å². The highest BCUT2D eigenvalue weighted by Crippen LogP contribution is 2.25. The number of rotatable bonds is 2. The quantitative estimate of drug-likeness (QED) is 0.841. The van der Waals surface area contributed by atoms with E-state index in [4.69, 9.17) is 0 Å². The molecule has 1 saturated heterocycles. The van der Waals surface area contributed by atoms with Crippen molar-refractivity contribution in [2.24, 2.45) is 13.0 Å². The molecular weight excluding hydrogens is 215 g/mol. The standard InChI is InChI=1S/C14H17FN2/c1-17-9-11(6-10-4-5-16-8-10)13-7-12(15)2-3-14(13)17/h2-3,7,9-10,16H,4-6,8H2,1H3. The van der Waals surface area contributed by atoms with Crippen LogP contribution in [0, 0.1) is 11.7 Å². The summed E-state index contributed by atoms with van der Waals surface area (Å²) in [5, 5.41) is 4.45. The maximum Gasteiger partial charge on any atom is 0.123 e. The molecule has 3 heteroatoms. The molecule has 0 aliphatic carbocycles. The van der Waals surface area contributed by atoms with Crippen molar-refractivity contribution >= 4 is 10.9 Å². The van der Waals surface area contributed by atoms with Gasteiger partial charge in [-0.15, -0.1) is 0 Å². The van der Waals surface area contributed by atoms with Crippen molar-refractivity contribution in [2.45, 2.75) is 12.8 Å². The molecule has 0 amide bonds. The first-order chi connectivity index (χ1) is 8.24. The molecule has 0 spiro atoms. The molecule has 2 aromatic rings. The number of aryl methyl sites for hydroxylation is 1. The van der Waals surface area contributed by atoms with Gasteiger partial charge in [0, 0.05) is 24.1 Å². The fourth-order valence-corrected chi connectivity index (χ4v) is 2.81. The van der Waals surface area contributed by atoms with Crippen LogP contribution >= 0.6 is 0 Å². The number of hydrogen-bond donors (Lipinski definition) is 1. The molecule has 1 aromatic heterocycles. The van der Waals surface area contributed by atoms with E-state index in [0.717, 1.165) is 30.4 Å². The van der Waals surface area contributed by atoms with E-state index in [1.165, 1.54) is 18.1 Å². The van der Waals surface area contributed by atoms with Crippen LogP contribution in [0.5, 0.6) is 0 Å². The van der Waals surface area contributed by atoms with Crippen molar-refractivity contribution in [3.63, 3.8) is 0 Å². The summed E-state index contributed by atoms with van der Waals surface area (Å²) in [6, 6.07) is 5.05. The number of fused-ring (bicyclic) bond motifs is 1. The highest BCUT2D eigenvalue weighted by Gasteiger charge is 2.17. The summed E-state index contributed by atoms with van der Waals surface area (Å²) in [7, 11) is 2.02. The first-order valence-electron chi connectivity index (χ1n) is 6.18. The summed E-state index contributed by atoms with van der Waals surface area (Å²) in [5.74, 6) is 0.554. The lowest BCUT2D eigenvalue weighted by Crippen LogP contribution is -2.10. The molecule has 90 valence electrons. The summed E-state index contributed by atoms with van der Waals surface area (Å²) in [6.07, 6.45) is 4.42. The summed E-state index contributed by atoms with van der Waals surface area (Å²) >= 11 is 0. The molecule has 2 heterocycles. The number of benzene rings is 1. The summed E-state index contributed by atoms with van der Waals surface area (Å²) in [4.78, 5) is 0. The average Bonchev–Trinajstić information content (AvgIpc) is 2.89. The Morgan fingerprint density at radius 1 is 1.47 bits per heavy atom. The van der Waals surface area contributed by atoms with Gasteiger partial charge >= 0.3 is 0 Å². The van der Waals surface area contributed by atoms with E-state index in [9.17, 15) is 4.39 Å². The minimum atomic E-state index is -0.144. The van der Waals surface area contributed by atoms with E-state index >= 15 is 0 Å². The molecule has 1 N–H and O–H groups in total. The number of halogens is 1. The zero-order valence-corrected chi connectivity index (χ0v) is 10.0. The second kappa shape index (κ2) is 4.15. The number of nitrogens with zero attached hydrogens (tertiary/aromatic N) is 1. The van der Waals surface area contributed by atoms with Gasteiger partial charge in [-0.3, -0.25) is 0 Å². The molecule has 1 atom stereocenters. The van der Waals surface area contributed by atoms with Gasteiger partial charge in [-0.2, -0.15) is 0 Å². The van der Waals surface area contributed by atoms with Gasteiger partial charge in [-0.25, -0.2) is 4.39 Å². The molecule has 3 rings (SSSR count). The molecule has 1 unspecified atom stereocenters. The SMILES string of the molecule is Cn1cc(CC2CCNC2)c2cc(F)ccc21. The lowest BCUT2D eigenvalue weighted by Gasteiger charge is -2.06. The van der Waals surface area contributed by atoms with Crippen molar-refractivity contribution in [2.75, 3.05) is 13.1 Å². The second-order valence-electron chi connectivity index (χ2n) is 4.99. The van der Waals surface area contributed by atoms with E-state index in [2.05, 4.69) is 16.1 Å².